The Labute approximate surface area is 82.4 Å². The second kappa shape index (κ2) is 4.69. The first-order valence-corrected chi connectivity index (χ1v) is 5.10. The highest BCUT2D eigenvalue weighted by Crippen LogP contribution is 2.23. The molecule has 1 aromatic rings. The molecule has 1 heterocycles. The highest BCUT2D eigenvalue weighted by Gasteiger charge is 2.10. The Morgan fingerprint density at radius 1 is 1.62 bits per heavy atom. The van der Waals surface area contributed by atoms with Gasteiger partial charge in [-0.1, -0.05) is 0 Å². The normalized spacial score (nSPS) is 13.2. The van der Waals surface area contributed by atoms with Crippen molar-refractivity contribution in [3.05, 3.63) is 15.6 Å². The average molecular weight is 201 g/mol. The second-order valence-electron chi connectivity index (χ2n) is 2.98. The van der Waals surface area contributed by atoms with E-state index in [0.717, 1.165) is 17.1 Å². The Bertz CT molecular complexity index is 271. The third kappa shape index (κ3) is 2.76. The molecule has 1 aromatic heterocycles. The predicted molar refractivity (Wildman–Crippen MR) is 53.1 cm³/mol. The molecule has 1 atom stereocenters. The van der Waals surface area contributed by atoms with Crippen LogP contribution in [0.4, 0.5) is 0 Å². The minimum atomic E-state index is -0.458. The van der Waals surface area contributed by atoms with E-state index in [1.165, 1.54) is 4.88 Å². The lowest BCUT2D eigenvalue weighted by molar-refractivity contribution is 0.198. The van der Waals surface area contributed by atoms with Gasteiger partial charge in [-0.15, -0.1) is 11.3 Å². The molecule has 0 aliphatic heterocycles. The average Bonchev–Trinajstić information content (AvgIpc) is 2.44. The van der Waals surface area contributed by atoms with Crippen molar-refractivity contribution in [3.8, 4) is 0 Å². The van der Waals surface area contributed by atoms with Crippen LogP contribution in [0.1, 0.15) is 28.6 Å². The number of hydrogen-bond acceptors (Lipinski definition) is 4. The van der Waals surface area contributed by atoms with Gasteiger partial charge < -0.3 is 9.84 Å². The molecule has 3 nitrogen and oxygen atoms in total. The monoisotopic (exact) mass is 201 g/mol. The van der Waals surface area contributed by atoms with Gasteiger partial charge in [0.15, 0.2) is 0 Å². The highest BCUT2D eigenvalue weighted by atomic mass is 32.1. The molecule has 0 radical (unpaired) electrons. The van der Waals surface area contributed by atoms with Gasteiger partial charge >= 0.3 is 0 Å². The van der Waals surface area contributed by atoms with Crippen LogP contribution in [-0.2, 0) is 11.2 Å². The molecular formula is C9H15NO2S. The van der Waals surface area contributed by atoms with Gasteiger partial charge in [-0.2, -0.15) is 0 Å². The number of hydrogen-bond donors (Lipinski definition) is 1. The van der Waals surface area contributed by atoms with Gasteiger partial charge in [0.25, 0.3) is 0 Å². The first kappa shape index (κ1) is 10.6. The van der Waals surface area contributed by atoms with Crippen molar-refractivity contribution in [2.24, 2.45) is 0 Å². The van der Waals surface area contributed by atoms with Crippen LogP contribution >= 0.6 is 11.3 Å². The molecule has 0 amide bonds. The number of nitrogens with zero attached hydrogens (tertiary/aromatic N) is 1. The van der Waals surface area contributed by atoms with E-state index in [1.807, 2.05) is 6.92 Å². The first-order valence-electron chi connectivity index (χ1n) is 4.28. The van der Waals surface area contributed by atoms with Gasteiger partial charge in [-0.3, -0.25) is 0 Å². The zero-order valence-electron chi connectivity index (χ0n) is 8.20. The largest absolute Gasteiger partial charge is 0.386 e. The van der Waals surface area contributed by atoms with Gasteiger partial charge in [-0.05, 0) is 13.8 Å². The predicted octanol–water partition coefficient (Wildman–Crippen LogP) is 1.69. The Morgan fingerprint density at radius 3 is 2.77 bits per heavy atom. The topological polar surface area (TPSA) is 42.4 Å². The number of aliphatic hydroxyl groups excluding tert-OH is 1. The minimum absolute atomic E-state index is 0.458. The van der Waals surface area contributed by atoms with E-state index in [9.17, 15) is 5.11 Å². The van der Waals surface area contributed by atoms with Crippen LogP contribution in [0.2, 0.25) is 0 Å². The summed E-state index contributed by atoms with van der Waals surface area (Å²) < 4.78 is 4.99. The Morgan fingerprint density at radius 2 is 2.31 bits per heavy atom. The second-order valence-corrected chi connectivity index (χ2v) is 4.09. The van der Waals surface area contributed by atoms with E-state index in [2.05, 4.69) is 4.98 Å². The molecule has 1 unspecified atom stereocenters. The summed E-state index contributed by atoms with van der Waals surface area (Å²) in [7, 11) is 1.69. The number of rotatable bonds is 4. The summed E-state index contributed by atoms with van der Waals surface area (Å²) in [5.41, 5.74) is 1.01. The van der Waals surface area contributed by atoms with Crippen LogP contribution < -0.4 is 0 Å². The van der Waals surface area contributed by atoms with Crippen molar-refractivity contribution in [1.82, 2.24) is 4.98 Å². The number of aromatic nitrogens is 1. The van der Waals surface area contributed by atoms with E-state index in [0.29, 0.717) is 6.61 Å². The minimum Gasteiger partial charge on any atom is -0.386 e. The van der Waals surface area contributed by atoms with Gasteiger partial charge in [0, 0.05) is 18.4 Å². The van der Waals surface area contributed by atoms with Crippen LogP contribution in [0.3, 0.4) is 0 Å². The molecule has 0 bridgehead atoms. The number of ether oxygens (including phenoxy) is 1. The molecule has 0 aromatic carbocycles. The summed E-state index contributed by atoms with van der Waals surface area (Å²) in [4.78, 5) is 5.48. The molecule has 74 valence electrons. The highest BCUT2D eigenvalue weighted by molar-refractivity contribution is 7.11. The lowest BCUT2D eigenvalue weighted by Crippen LogP contribution is -1.93. The molecule has 0 aliphatic carbocycles. The summed E-state index contributed by atoms with van der Waals surface area (Å²) in [6.07, 6.45) is 0.423. The fraction of sp³-hybridized carbons (Fsp3) is 0.667. The van der Waals surface area contributed by atoms with Gasteiger partial charge in [0.2, 0.25) is 0 Å². The van der Waals surface area contributed by atoms with E-state index >= 15 is 0 Å². The first-order chi connectivity index (χ1) is 6.15. The molecular weight excluding hydrogens is 186 g/mol. The maximum atomic E-state index is 9.30. The van der Waals surface area contributed by atoms with Crippen LogP contribution in [0, 0.1) is 6.92 Å². The number of aliphatic hydroxyl groups is 1. The van der Waals surface area contributed by atoms with Crippen molar-refractivity contribution in [3.63, 3.8) is 0 Å². The quantitative estimate of drug-likeness (QED) is 0.806. The fourth-order valence-corrected chi connectivity index (χ4v) is 2.04. The molecule has 13 heavy (non-hydrogen) atoms. The number of methoxy groups -OCH3 is 1. The van der Waals surface area contributed by atoms with Crippen LogP contribution in [0.25, 0.3) is 0 Å². The third-order valence-electron chi connectivity index (χ3n) is 1.80. The standard InChI is InChI=1S/C9H15NO2S/c1-6-8(4-5-12-3)13-9(10-6)7(2)11/h7,11H,4-5H2,1-3H3. The Hall–Kier alpha value is -0.450. The smallest absolute Gasteiger partial charge is 0.121 e. The summed E-state index contributed by atoms with van der Waals surface area (Å²) in [5, 5.41) is 10.1. The Kier molecular flexibility index (Phi) is 3.84. The summed E-state index contributed by atoms with van der Waals surface area (Å²) in [5.74, 6) is 0. The zero-order valence-corrected chi connectivity index (χ0v) is 9.02. The van der Waals surface area contributed by atoms with Gasteiger partial charge in [-0.25, -0.2) is 4.98 Å². The lowest BCUT2D eigenvalue weighted by Gasteiger charge is -1.96. The van der Waals surface area contributed by atoms with Crippen molar-refractivity contribution in [2.75, 3.05) is 13.7 Å². The van der Waals surface area contributed by atoms with Crippen molar-refractivity contribution >= 4 is 11.3 Å². The van der Waals surface area contributed by atoms with Crippen LogP contribution in [0.15, 0.2) is 0 Å². The van der Waals surface area contributed by atoms with E-state index in [4.69, 9.17) is 4.74 Å². The fourth-order valence-electron chi connectivity index (χ4n) is 1.06. The molecule has 0 spiro atoms. The maximum Gasteiger partial charge on any atom is 0.121 e. The van der Waals surface area contributed by atoms with Crippen molar-refractivity contribution in [1.29, 1.82) is 0 Å². The SMILES string of the molecule is COCCc1sc(C(C)O)nc1C. The molecule has 0 aliphatic rings. The molecule has 0 fully saturated rings. The third-order valence-corrected chi connectivity index (χ3v) is 3.19. The molecule has 0 saturated carbocycles. The molecule has 1 rings (SSSR count). The van der Waals surface area contributed by atoms with Gasteiger partial charge in [0.1, 0.15) is 11.1 Å². The summed E-state index contributed by atoms with van der Waals surface area (Å²) in [6.45, 7) is 4.41. The molecule has 4 heteroatoms. The van der Waals surface area contributed by atoms with E-state index in [1.54, 1.807) is 25.4 Å². The van der Waals surface area contributed by atoms with Gasteiger partial charge in [0.05, 0.1) is 12.3 Å². The summed E-state index contributed by atoms with van der Waals surface area (Å²) in [6, 6.07) is 0. The van der Waals surface area contributed by atoms with Crippen molar-refractivity contribution in [2.45, 2.75) is 26.4 Å². The number of thiazole rings is 1. The Balaban J connectivity index is 2.71. The van der Waals surface area contributed by atoms with E-state index in [-0.39, 0.29) is 0 Å². The lowest BCUT2D eigenvalue weighted by atomic mass is 10.3. The maximum absolute atomic E-state index is 9.30. The van der Waals surface area contributed by atoms with Crippen LogP contribution in [0.5, 0.6) is 0 Å². The number of aryl methyl sites for hydroxylation is 1. The summed E-state index contributed by atoms with van der Waals surface area (Å²) >= 11 is 1.57. The molecule has 1 N–H and O–H groups in total. The molecule has 0 saturated heterocycles. The van der Waals surface area contributed by atoms with Crippen molar-refractivity contribution < 1.29 is 9.84 Å². The van der Waals surface area contributed by atoms with Crippen LogP contribution in [-0.4, -0.2) is 23.8 Å². The van der Waals surface area contributed by atoms with E-state index < -0.39 is 6.10 Å². The zero-order chi connectivity index (χ0) is 9.84.